The average Bonchev–Trinajstić information content (AvgIpc) is 3.48. The molecule has 0 atom stereocenters. The van der Waals surface area contributed by atoms with Crippen LogP contribution in [0.25, 0.3) is 0 Å². The number of nitrogens with one attached hydrogen (secondary N) is 1. The lowest BCUT2D eigenvalue weighted by Crippen LogP contribution is -2.30. The van der Waals surface area contributed by atoms with Crippen LogP contribution in [0.2, 0.25) is 0 Å². The van der Waals surface area contributed by atoms with E-state index < -0.39 is 15.9 Å². The van der Waals surface area contributed by atoms with Crippen molar-refractivity contribution in [2.45, 2.75) is 18.1 Å². The lowest BCUT2D eigenvalue weighted by atomic mass is 10.1. The molecule has 1 aromatic carbocycles. The summed E-state index contributed by atoms with van der Waals surface area (Å²) in [5, 5.41) is 11.3. The number of carbonyl (C=O) groups is 1. The Morgan fingerprint density at radius 3 is 2.56 bits per heavy atom. The fourth-order valence-electron chi connectivity index (χ4n) is 2.96. The molecule has 0 bridgehead atoms. The van der Waals surface area contributed by atoms with Gasteiger partial charge >= 0.3 is 0 Å². The minimum atomic E-state index is -3.72. The van der Waals surface area contributed by atoms with Gasteiger partial charge in [0.1, 0.15) is 5.69 Å². The van der Waals surface area contributed by atoms with Crippen LogP contribution in [0.1, 0.15) is 16.1 Å². The molecule has 0 aliphatic rings. The van der Waals surface area contributed by atoms with Crippen molar-refractivity contribution in [3.8, 4) is 0 Å². The quantitative estimate of drug-likeness (QED) is 0.258. The van der Waals surface area contributed by atoms with Crippen molar-refractivity contribution < 1.29 is 27.5 Å². The maximum absolute atomic E-state index is 13.1. The summed E-state index contributed by atoms with van der Waals surface area (Å²) in [4.78, 5) is 23.6. The topological polar surface area (TPSA) is 137 Å². The van der Waals surface area contributed by atoms with Crippen molar-refractivity contribution in [1.82, 2.24) is 19.1 Å². The smallest absolute Gasteiger partial charge is 0.280 e. The number of carbonyl (C=O) groups excluding carboxylic acids is 1. The molecule has 36 heavy (non-hydrogen) atoms. The summed E-state index contributed by atoms with van der Waals surface area (Å²) in [6.45, 7) is 0.886. The van der Waals surface area contributed by atoms with Crippen molar-refractivity contribution in [3.05, 3.63) is 58.9 Å². The number of sulfonamides is 1. The Kier molecular flexibility index (Phi) is 9.66. The van der Waals surface area contributed by atoms with E-state index in [9.17, 15) is 13.2 Å². The van der Waals surface area contributed by atoms with Crippen molar-refractivity contribution in [3.63, 3.8) is 0 Å². The fraction of sp³-hybridized carbons (Fsp3) is 0.364. The average molecular weight is 537 g/mol. The molecule has 1 amide bonds. The molecule has 0 radical (unpaired) electrons. The third-order valence-electron chi connectivity index (χ3n) is 4.86. The molecule has 1 N–H and O–H groups in total. The standard InChI is InChI=1S/C22H28N6O6S2/c1-27-10-9-17(25-27)14-34-26-20(21(29)24-22-23-13-18(35-22)15-33-4)16-5-7-19(8-6-16)36(30,31)28(2)11-12-32-3/h5-10,13H,11-12,14-15H2,1-4H3,(H,23,24,29). The van der Waals surface area contributed by atoms with E-state index >= 15 is 0 Å². The number of rotatable bonds is 13. The summed E-state index contributed by atoms with van der Waals surface area (Å²) in [6, 6.07) is 7.59. The Hall–Kier alpha value is -3.17. The normalized spacial score (nSPS) is 12.2. The van der Waals surface area contributed by atoms with Crippen molar-refractivity contribution in [2.24, 2.45) is 12.2 Å². The van der Waals surface area contributed by atoms with Gasteiger partial charge in [0, 0.05) is 52.8 Å². The molecule has 0 fully saturated rings. The van der Waals surface area contributed by atoms with Gasteiger partial charge in [-0.25, -0.2) is 13.4 Å². The van der Waals surface area contributed by atoms with E-state index in [2.05, 4.69) is 20.6 Å². The van der Waals surface area contributed by atoms with E-state index in [4.69, 9.17) is 14.3 Å². The van der Waals surface area contributed by atoms with Crippen LogP contribution in [0.15, 0.2) is 52.8 Å². The van der Waals surface area contributed by atoms with Gasteiger partial charge in [0.15, 0.2) is 17.5 Å². The summed E-state index contributed by atoms with van der Waals surface area (Å²) < 4.78 is 38.4. The number of anilines is 1. The van der Waals surface area contributed by atoms with Gasteiger partial charge in [-0.2, -0.15) is 9.40 Å². The minimum absolute atomic E-state index is 0.0453. The highest BCUT2D eigenvalue weighted by atomic mass is 32.2. The van der Waals surface area contributed by atoms with Gasteiger partial charge in [-0.15, -0.1) is 0 Å². The number of thiazole rings is 1. The molecule has 0 spiro atoms. The second-order valence-electron chi connectivity index (χ2n) is 7.56. The molecule has 12 nitrogen and oxygen atoms in total. The van der Waals surface area contributed by atoms with Gasteiger partial charge in [-0.3, -0.25) is 14.8 Å². The maximum atomic E-state index is 13.1. The molecule has 194 valence electrons. The van der Waals surface area contributed by atoms with Crippen LogP contribution >= 0.6 is 11.3 Å². The first kappa shape index (κ1) is 27.4. The fourth-order valence-corrected chi connectivity index (χ4v) is 4.90. The Labute approximate surface area is 213 Å². The van der Waals surface area contributed by atoms with Gasteiger partial charge in [-0.05, 0) is 18.2 Å². The largest absolute Gasteiger partial charge is 0.389 e. The molecule has 3 aromatic rings. The van der Waals surface area contributed by atoms with Crippen LogP contribution in [-0.4, -0.2) is 73.5 Å². The summed E-state index contributed by atoms with van der Waals surface area (Å²) in [5.74, 6) is -0.567. The number of oxime groups is 1. The van der Waals surface area contributed by atoms with E-state index in [1.54, 1.807) is 37.3 Å². The van der Waals surface area contributed by atoms with Crippen LogP contribution in [0, 0.1) is 0 Å². The first-order chi connectivity index (χ1) is 17.2. The molecule has 0 saturated carbocycles. The lowest BCUT2D eigenvalue weighted by molar-refractivity contribution is -0.110. The van der Waals surface area contributed by atoms with Crippen LogP contribution in [0.5, 0.6) is 0 Å². The van der Waals surface area contributed by atoms with E-state index in [0.29, 0.717) is 23.0 Å². The number of aryl methyl sites for hydroxylation is 1. The number of nitrogens with zero attached hydrogens (tertiary/aromatic N) is 5. The number of hydrogen-bond acceptors (Lipinski definition) is 10. The second-order valence-corrected chi connectivity index (χ2v) is 10.7. The van der Waals surface area contributed by atoms with E-state index in [1.807, 2.05) is 0 Å². The van der Waals surface area contributed by atoms with Gasteiger partial charge in [0.05, 0.1) is 23.0 Å². The first-order valence-corrected chi connectivity index (χ1v) is 13.0. The highest BCUT2D eigenvalue weighted by Crippen LogP contribution is 2.20. The molecule has 0 aliphatic heterocycles. The summed E-state index contributed by atoms with van der Waals surface area (Å²) in [7, 11) is 2.60. The number of hydrogen-bond donors (Lipinski definition) is 1. The molecular weight excluding hydrogens is 508 g/mol. The number of benzene rings is 1. The SMILES string of the molecule is COCCN(C)S(=O)(=O)c1ccc(C(=NOCc2ccn(C)n2)C(=O)Nc2ncc(COC)s2)cc1. The van der Waals surface area contributed by atoms with Crippen molar-refractivity contribution >= 4 is 38.1 Å². The summed E-state index contributed by atoms with van der Waals surface area (Å²) in [6.07, 6.45) is 3.37. The minimum Gasteiger partial charge on any atom is -0.389 e. The van der Waals surface area contributed by atoms with Crippen LogP contribution in [0.3, 0.4) is 0 Å². The predicted octanol–water partition coefficient (Wildman–Crippen LogP) is 1.85. The number of likely N-dealkylation sites (N-methyl/N-ethyl adjacent to an activating group) is 1. The zero-order valence-electron chi connectivity index (χ0n) is 20.4. The molecule has 2 aromatic heterocycles. The molecule has 2 heterocycles. The van der Waals surface area contributed by atoms with Crippen LogP contribution in [0.4, 0.5) is 5.13 Å². The van der Waals surface area contributed by atoms with Crippen molar-refractivity contribution in [2.75, 3.05) is 39.7 Å². The highest BCUT2D eigenvalue weighted by Gasteiger charge is 2.22. The molecule has 0 saturated heterocycles. The van der Waals surface area contributed by atoms with Crippen LogP contribution in [-0.2, 0) is 49.4 Å². The molecular formula is C22H28N6O6S2. The Morgan fingerprint density at radius 2 is 1.92 bits per heavy atom. The second kappa shape index (κ2) is 12.7. The summed E-state index contributed by atoms with van der Waals surface area (Å²) in [5.41, 5.74) is 0.942. The number of aromatic nitrogens is 3. The van der Waals surface area contributed by atoms with E-state index in [0.717, 1.165) is 4.88 Å². The maximum Gasteiger partial charge on any atom is 0.280 e. The number of methoxy groups -OCH3 is 2. The third kappa shape index (κ3) is 7.18. The van der Waals surface area contributed by atoms with Gasteiger partial charge in [0.2, 0.25) is 10.0 Å². The Balaban J connectivity index is 1.83. The molecule has 14 heteroatoms. The molecule has 0 unspecified atom stereocenters. The van der Waals surface area contributed by atoms with E-state index in [-0.39, 0.29) is 30.4 Å². The van der Waals surface area contributed by atoms with Crippen molar-refractivity contribution in [1.29, 1.82) is 0 Å². The van der Waals surface area contributed by atoms with Gasteiger partial charge < -0.3 is 14.3 Å². The number of ether oxygens (including phenoxy) is 2. The summed E-state index contributed by atoms with van der Waals surface area (Å²) >= 11 is 1.27. The lowest BCUT2D eigenvalue weighted by Gasteiger charge is -2.17. The molecule has 3 rings (SSSR count). The van der Waals surface area contributed by atoms with Gasteiger partial charge in [0.25, 0.3) is 5.91 Å². The third-order valence-corrected chi connectivity index (χ3v) is 7.62. The highest BCUT2D eigenvalue weighted by molar-refractivity contribution is 7.89. The van der Waals surface area contributed by atoms with E-state index in [1.165, 1.54) is 54.1 Å². The number of amides is 1. The predicted molar refractivity (Wildman–Crippen MR) is 134 cm³/mol. The monoisotopic (exact) mass is 536 g/mol. The zero-order chi connectivity index (χ0) is 26.1. The first-order valence-electron chi connectivity index (χ1n) is 10.7. The zero-order valence-corrected chi connectivity index (χ0v) is 22.0. The van der Waals surface area contributed by atoms with Crippen LogP contribution < -0.4 is 5.32 Å². The Morgan fingerprint density at radius 1 is 1.17 bits per heavy atom. The van der Waals surface area contributed by atoms with Gasteiger partial charge in [-0.1, -0.05) is 28.6 Å². The molecule has 0 aliphatic carbocycles. The Bertz CT molecular complexity index is 1290.